The van der Waals surface area contributed by atoms with Crippen LogP contribution in [0.5, 0.6) is 0 Å². The van der Waals surface area contributed by atoms with Gasteiger partial charge in [-0.3, -0.25) is 25.7 Å². The third-order valence-corrected chi connectivity index (χ3v) is 3.62. The van der Waals surface area contributed by atoms with E-state index in [-0.39, 0.29) is 11.4 Å². The lowest BCUT2D eigenvalue weighted by Crippen LogP contribution is -2.06. The lowest BCUT2D eigenvalue weighted by Gasteiger charge is -2.08. The highest BCUT2D eigenvalue weighted by Gasteiger charge is 2.19. The first-order valence-corrected chi connectivity index (χ1v) is 7.93. The highest BCUT2D eigenvalue weighted by molar-refractivity contribution is 6.18. The van der Waals surface area contributed by atoms with Gasteiger partial charge in [0.2, 0.25) is 0 Å². The first-order valence-electron chi connectivity index (χ1n) is 7.39. The van der Waals surface area contributed by atoms with Crippen molar-refractivity contribution in [2.24, 2.45) is 5.10 Å². The Morgan fingerprint density at radius 1 is 1.08 bits per heavy atom. The molecule has 2 aromatic carbocycles. The number of hydrazone groups is 1. The van der Waals surface area contributed by atoms with Gasteiger partial charge in [-0.05, 0) is 24.5 Å². The fourth-order valence-electron chi connectivity index (χ4n) is 2.14. The number of alkyl halides is 1. The van der Waals surface area contributed by atoms with Crippen LogP contribution in [0.3, 0.4) is 0 Å². The van der Waals surface area contributed by atoms with Gasteiger partial charge < -0.3 is 0 Å². The van der Waals surface area contributed by atoms with Gasteiger partial charge in [0.1, 0.15) is 5.69 Å². The Bertz CT molecular complexity index is 796. The van der Waals surface area contributed by atoms with E-state index in [1.54, 1.807) is 0 Å². The summed E-state index contributed by atoms with van der Waals surface area (Å²) in [7, 11) is 0. The molecule has 0 radical (unpaired) electrons. The van der Waals surface area contributed by atoms with Crippen LogP contribution in [0.4, 0.5) is 17.1 Å². The maximum Gasteiger partial charge on any atom is 0.301 e. The van der Waals surface area contributed by atoms with Crippen LogP contribution in [0.25, 0.3) is 0 Å². The summed E-state index contributed by atoms with van der Waals surface area (Å²) in [5.41, 5.74) is 3.51. The molecule has 0 heterocycles. The number of nitrogens with zero attached hydrogens (tertiary/aromatic N) is 3. The van der Waals surface area contributed by atoms with E-state index in [4.69, 9.17) is 11.6 Å². The van der Waals surface area contributed by atoms with Gasteiger partial charge in [-0.2, -0.15) is 5.10 Å². The molecule has 0 bridgehead atoms. The average molecular weight is 363 g/mol. The van der Waals surface area contributed by atoms with E-state index >= 15 is 0 Å². The van der Waals surface area contributed by atoms with E-state index < -0.39 is 15.5 Å². The molecule has 130 valence electrons. The predicted octanol–water partition coefficient (Wildman–Crippen LogP) is 4.34. The quantitative estimate of drug-likeness (QED) is 0.325. The number of halogens is 1. The second-order valence-electron chi connectivity index (χ2n) is 5.04. The lowest BCUT2D eigenvalue weighted by molar-refractivity contribution is -0.393. The van der Waals surface area contributed by atoms with Crippen LogP contribution in [-0.4, -0.2) is 21.4 Å². The van der Waals surface area contributed by atoms with Crippen molar-refractivity contribution in [2.75, 3.05) is 11.3 Å². The van der Waals surface area contributed by atoms with Gasteiger partial charge >= 0.3 is 5.69 Å². The smallest absolute Gasteiger partial charge is 0.271 e. The van der Waals surface area contributed by atoms with Gasteiger partial charge in [0.15, 0.2) is 0 Å². The molecule has 0 fully saturated rings. The zero-order valence-electron chi connectivity index (χ0n) is 13.1. The minimum absolute atomic E-state index is 0.0786. The van der Waals surface area contributed by atoms with Crippen molar-refractivity contribution < 1.29 is 9.85 Å². The number of non-ortho nitro benzene ring substituents is 1. The molecule has 8 nitrogen and oxygen atoms in total. The largest absolute Gasteiger partial charge is 0.301 e. The Hall–Kier alpha value is -3.00. The Kier molecular flexibility index (Phi) is 6.41. The van der Waals surface area contributed by atoms with Crippen LogP contribution in [-0.2, 0) is 0 Å². The van der Waals surface area contributed by atoms with Gasteiger partial charge in [-0.15, -0.1) is 11.6 Å². The average Bonchev–Trinajstić information content (AvgIpc) is 2.62. The Morgan fingerprint density at radius 3 is 2.40 bits per heavy atom. The predicted molar refractivity (Wildman–Crippen MR) is 96.3 cm³/mol. The van der Waals surface area contributed by atoms with E-state index in [0.29, 0.717) is 24.4 Å². The molecule has 9 heteroatoms. The molecule has 0 unspecified atom stereocenters. The fraction of sp³-hybridized carbons (Fsp3) is 0.188. The summed E-state index contributed by atoms with van der Waals surface area (Å²) in [4.78, 5) is 20.6. The van der Waals surface area contributed by atoms with Crippen molar-refractivity contribution in [3.05, 3.63) is 74.3 Å². The Morgan fingerprint density at radius 2 is 1.80 bits per heavy atom. The van der Waals surface area contributed by atoms with Crippen LogP contribution in [0.2, 0.25) is 0 Å². The van der Waals surface area contributed by atoms with E-state index in [0.717, 1.165) is 11.6 Å². The standard InChI is InChI=1S/C16H15ClN4O4/c17-10-4-7-14(12-5-2-1-3-6-12)18-19-15-9-8-13(20(22)23)11-16(15)21(24)25/h1-3,5-6,8-9,11,19H,4,7,10H2. The third-order valence-electron chi connectivity index (χ3n) is 3.35. The van der Waals surface area contributed by atoms with E-state index in [9.17, 15) is 20.2 Å². The number of nitrogens with one attached hydrogen (secondary N) is 1. The van der Waals surface area contributed by atoms with Crippen LogP contribution in [0.15, 0.2) is 53.6 Å². The summed E-state index contributed by atoms with van der Waals surface area (Å²) in [6, 6.07) is 12.7. The maximum absolute atomic E-state index is 11.2. The lowest BCUT2D eigenvalue weighted by atomic mass is 10.1. The van der Waals surface area contributed by atoms with Crippen molar-refractivity contribution in [3.8, 4) is 0 Å². The zero-order chi connectivity index (χ0) is 18.2. The molecule has 25 heavy (non-hydrogen) atoms. The van der Waals surface area contributed by atoms with Crippen molar-refractivity contribution in [2.45, 2.75) is 12.8 Å². The van der Waals surface area contributed by atoms with Crippen LogP contribution in [0, 0.1) is 20.2 Å². The monoisotopic (exact) mass is 362 g/mol. The second-order valence-corrected chi connectivity index (χ2v) is 5.42. The first kappa shape index (κ1) is 18.3. The zero-order valence-corrected chi connectivity index (χ0v) is 13.8. The summed E-state index contributed by atoms with van der Waals surface area (Å²) in [6.45, 7) is 0. The number of rotatable bonds is 8. The summed E-state index contributed by atoms with van der Waals surface area (Å²) in [6.07, 6.45) is 1.28. The topological polar surface area (TPSA) is 111 Å². The molecule has 0 aromatic heterocycles. The third kappa shape index (κ3) is 4.98. The maximum atomic E-state index is 11.2. The molecule has 0 saturated heterocycles. The highest BCUT2D eigenvalue weighted by atomic mass is 35.5. The van der Waals surface area contributed by atoms with Gasteiger partial charge in [-0.1, -0.05) is 30.3 Å². The summed E-state index contributed by atoms with van der Waals surface area (Å²) < 4.78 is 0. The van der Waals surface area contributed by atoms with Gasteiger partial charge in [0.05, 0.1) is 21.6 Å². The van der Waals surface area contributed by atoms with E-state index in [2.05, 4.69) is 10.5 Å². The number of benzene rings is 2. The SMILES string of the molecule is O=[N+]([O-])c1ccc(NN=C(CCCCl)c2ccccc2)c([N+](=O)[O-])c1. The molecule has 0 atom stereocenters. The minimum atomic E-state index is -0.689. The summed E-state index contributed by atoms with van der Waals surface area (Å²) >= 11 is 5.74. The molecule has 0 aliphatic rings. The normalized spacial score (nSPS) is 11.2. The highest BCUT2D eigenvalue weighted by Crippen LogP contribution is 2.29. The molecule has 0 saturated carbocycles. The number of hydrogen-bond acceptors (Lipinski definition) is 6. The molecular weight excluding hydrogens is 348 g/mol. The minimum Gasteiger partial charge on any atom is -0.271 e. The molecular formula is C16H15ClN4O4. The van der Waals surface area contributed by atoms with Gasteiger partial charge in [0.25, 0.3) is 5.69 Å². The number of anilines is 1. The van der Waals surface area contributed by atoms with Crippen molar-refractivity contribution >= 4 is 34.4 Å². The van der Waals surface area contributed by atoms with E-state index in [1.165, 1.54) is 12.1 Å². The molecule has 0 amide bonds. The summed E-state index contributed by atoms with van der Waals surface area (Å²) in [5.74, 6) is 0.462. The first-order chi connectivity index (χ1) is 12.0. The molecule has 1 N–H and O–H groups in total. The number of nitro benzene ring substituents is 2. The van der Waals surface area contributed by atoms with Crippen molar-refractivity contribution in [1.29, 1.82) is 0 Å². The molecule has 2 aromatic rings. The number of hydrogen-bond donors (Lipinski definition) is 1. The van der Waals surface area contributed by atoms with Crippen LogP contribution in [0.1, 0.15) is 18.4 Å². The van der Waals surface area contributed by atoms with Crippen molar-refractivity contribution in [3.63, 3.8) is 0 Å². The van der Waals surface area contributed by atoms with Crippen LogP contribution >= 0.6 is 11.6 Å². The number of nitro groups is 2. The van der Waals surface area contributed by atoms with Gasteiger partial charge in [0, 0.05) is 11.9 Å². The summed E-state index contributed by atoms with van der Waals surface area (Å²) in [5, 5.41) is 26.2. The second kappa shape index (κ2) is 8.74. The van der Waals surface area contributed by atoms with Crippen molar-refractivity contribution in [1.82, 2.24) is 0 Å². The fourth-order valence-corrected chi connectivity index (χ4v) is 2.27. The molecule has 0 aliphatic heterocycles. The molecule has 0 aliphatic carbocycles. The molecule has 2 rings (SSSR count). The Balaban J connectivity index is 2.33. The van der Waals surface area contributed by atoms with Gasteiger partial charge in [-0.25, -0.2) is 0 Å². The Labute approximate surface area is 148 Å². The van der Waals surface area contributed by atoms with E-state index in [1.807, 2.05) is 30.3 Å². The molecule has 0 spiro atoms. The van der Waals surface area contributed by atoms with Crippen LogP contribution < -0.4 is 5.43 Å².